The quantitative estimate of drug-likeness (QED) is 0.793. The zero-order chi connectivity index (χ0) is 15.4. The number of nitrogens with zero attached hydrogens (tertiary/aromatic N) is 3. The van der Waals surface area contributed by atoms with E-state index in [0.717, 1.165) is 25.8 Å². The highest BCUT2D eigenvalue weighted by molar-refractivity contribution is 5.82. The fourth-order valence-electron chi connectivity index (χ4n) is 2.51. The lowest BCUT2D eigenvalue weighted by Crippen LogP contribution is -2.43. The van der Waals surface area contributed by atoms with E-state index in [0.29, 0.717) is 32.3 Å². The topological polar surface area (TPSA) is 55.9 Å². The van der Waals surface area contributed by atoms with Crippen molar-refractivity contribution >= 4 is 11.9 Å². The molecular formula is C15H28N4O2. The van der Waals surface area contributed by atoms with Crippen molar-refractivity contribution in [3.63, 3.8) is 0 Å². The molecule has 120 valence electrons. The van der Waals surface area contributed by atoms with Crippen LogP contribution in [0.5, 0.6) is 0 Å². The van der Waals surface area contributed by atoms with E-state index in [2.05, 4.69) is 31.1 Å². The molecule has 21 heavy (non-hydrogen) atoms. The first-order valence-corrected chi connectivity index (χ1v) is 8.04. The molecule has 1 heterocycles. The maximum absolute atomic E-state index is 12.1. The van der Waals surface area contributed by atoms with Crippen LogP contribution in [-0.2, 0) is 4.79 Å². The van der Waals surface area contributed by atoms with Crippen LogP contribution in [0, 0.1) is 5.92 Å². The van der Waals surface area contributed by atoms with Crippen LogP contribution in [0.15, 0.2) is 0 Å². The van der Waals surface area contributed by atoms with Crippen molar-refractivity contribution in [3.8, 4) is 0 Å². The summed E-state index contributed by atoms with van der Waals surface area (Å²) in [7, 11) is 2.08. The highest BCUT2D eigenvalue weighted by atomic mass is 16.2. The SMILES string of the molecule is CCC(C)N(C)CCNC(=O)N1CCN(C(=O)C2CC2)C1. The Bertz CT molecular complexity index is 384. The van der Waals surface area contributed by atoms with E-state index in [1.165, 1.54) is 0 Å². The molecule has 2 aliphatic rings. The third kappa shape index (κ3) is 4.33. The number of hydrogen-bond acceptors (Lipinski definition) is 3. The van der Waals surface area contributed by atoms with Crippen molar-refractivity contribution in [2.24, 2.45) is 5.92 Å². The standard InChI is InChI=1S/C15H28N4O2/c1-4-12(2)17(3)8-7-16-15(21)19-10-9-18(11-19)14(20)13-5-6-13/h12-13H,4-11H2,1-3H3,(H,16,21). The summed E-state index contributed by atoms with van der Waals surface area (Å²) in [6.45, 7) is 7.61. The molecule has 1 saturated heterocycles. The molecule has 2 rings (SSSR count). The molecule has 1 saturated carbocycles. The number of urea groups is 1. The minimum atomic E-state index is -0.0568. The van der Waals surface area contributed by atoms with Gasteiger partial charge in [-0.2, -0.15) is 0 Å². The zero-order valence-electron chi connectivity index (χ0n) is 13.5. The van der Waals surface area contributed by atoms with Crippen molar-refractivity contribution in [2.45, 2.75) is 39.2 Å². The van der Waals surface area contributed by atoms with Gasteiger partial charge in [-0.25, -0.2) is 4.79 Å². The Morgan fingerprint density at radius 3 is 2.57 bits per heavy atom. The number of rotatable bonds is 6. The van der Waals surface area contributed by atoms with Crippen molar-refractivity contribution in [3.05, 3.63) is 0 Å². The maximum Gasteiger partial charge on any atom is 0.318 e. The van der Waals surface area contributed by atoms with E-state index in [1.807, 2.05) is 4.90 Å². The summed E-state index contributed by atoms with van der Waals surface area (Å²) in [5.74, 6) is 0.457. The predicted octanol–water partition coefficient (Wildman–Crippen LogP) is 0.938. The van der Waals surface area contributed by atoms with E-state index in [-0.39, 0.29) is 17.9 Å². The Morgan fingerprint density at radius 2 is 1.95 bits per heavy atom. The maximum atomic E-state index is 12.1. The van der Waals surface area contributed by atoms with Gasteiger partial charge >= 0.3 is 6.03 Å². The fraction of sp³-hybridized carbons (Fsp3) is 0.867. The summed E-state index contributed by atoms with van der Waals surface area (Å²) in [4.78, 5) is 29.8. The first-order valence-electron chi connectivity index (χ1n) is 8.04. The number of carbonyl (C=O) groups is 2. The average Bonchev–Trinajstić information content (AvgIpc) is 3.21. The van der Waals surface area contributed by atoms with Crippen LogP contribution in [0.2, 0.25) is 0 Å². The normalized spacial score (nSPS) is 20.0. The minimum Gasteiger partial charge on any atom is -0.337 e. The van der Waals surface area contributed by atoms with Crippen molar-refractivity contribution in [1.29, 1.82) is 0 Å². The summed E-state index contributed by atoms with van der Waals surface area (Å²) in [6, 6.07) is 0.471. The second-order valence-corrected chi connectivity index (χ2v) is 6.25. The van der Waals surface area contributed by atoms with Crippen LogP contribution in [0.1, 0.15) is 33.1 Å². The first-order chi connectivity index (χ1) is 10.0. The van der Waals surface area contributed by atoms with Gasteiger partial charge in [-0.15, -0.1) is 0 Å². The number of carbonyl (C=O) groups excluding carboxylic acids is 2. The average molecular weight is 296 g/mol. The third-order valence-electron chi connectivity index (χ3n) is 4.59. The Balaban J connectivity index is 1.66. The van der Waals surface area contributed by atoms with Crippen LogP contribution in [0.4, 0.5) is 4.79 Å². The molecule has 6 heteroatoms. The van der Waals surface area contributed by atoms with E-state index < -0.39 is 0 Å². The Labute approximate surface area is 127 Å². The molecule has 2 fully saturated rings. The monoisotopic (exact) mass is 296 g/mol. The van der Waals surface area contributed by atoms with Gasteiger partial charge < -0.3 is 20.0 Å². The van der Waals surface area contributed by atoms with Crippen molar-refractivity contribution in [2.75, 3.05) is 39.9 Å². The molecule has 0 radical (unpaired) electrons. The Morgan fingerprint density at radius 1 is 1.29 bits per heavy atom. The van der Waals surface area contributed by atoms with E-state index in [1.54, 1.807) is 4.90 Å². The second-order valence-electron chi connectivity index (χ2n) is 6.25. The molecular weight excluding hydrogens is 268 g/mol. The van der Waals surface area contributed by atoms with Crippen molar-refractivity contribution in [1.82, 2.24) is 20.0 Å². The van der Waals surface area contributed by atoms with Gasteiger partial charge in [0.25, 0.3) is 0 Å². The van der Waals surface area contributed by atoms with Crippen LogP contribution in [0.3, 0.4) is 0 Å². The lowest BCUT2D eigenvalue weighted by Gasteiger charge is -2.24. The number of hydrogen-bond donors (Lipinski definition) is 1. The number of likely N-dealkylation sites (N-methyl/N-ethyl adjacent to an activating group) is 1. The summed E-state index contributed by atoms with van der Waals surface area (Å²) in [5, 5.41) is 2.95. The summed E-state index contributed by atoms with van der Waals surface area (Å²) in [6.07, 6.45) is 3.14. The largest absolute Gasteiger partial charge is 0.337 e. The lowest BCUT2D eigenvalue weighted by molar-refractivity contribution is -0.131. The second kappa shape index (κ2) is 7.11. The van der Waals surface area contributed by atoms with Gasteiger partial charge in [0.15, 0.2) is 0 Å². The lowest BCUT2D eigenvalue weighted by atomic mass is 10.2. The van der Waals surface area contributed by atoms with Gasteiger partial charge in [0.05, 0.1) is 6.67 Å². The first kappa shape index (κ1) is 16.1. The molecule has 1 aliphatic heterocycles. The highest BCUT2D eigenvalue weighted by Crippen LogP contribution is 2.31. The summed E-state index contributed by atoms with van der Waals surface area (Å²) in [5.41, 5.74) is 0. The van der Waals surface area contributed by atoms with Gasteiger partial charge in [-0.05, 0) is 33.2 Å². The molecule has 0 bridgehead atoms. The number of amides is 3. The molecule has 0 aromatic rings. The van der Waals surface area contributed by atoms with Crippen LogP contribution in [0.25, 0.3) is 0 Å². The third-order valence-corrected chi connectivity index (χ3v) is 4.59. The molecule has 0 aromatic heterocycles. The Hall–Kier alpha value is -1.30. The van der Waals surface area contributed by atoms with Gasteiger partial charge in [0, 0.05) is 38.1 Å². The van der Waals surface area contributed by atoms with Gasteiger partial charge in [-0.3, -0.25) is 4.79 Å². The summed E-state index contributed by atoms with van der Waals surface area (Å²) < 4.78 is 0. The van der Waals surface area contributed by atoms with Crippen LogP contribution in [-0.4, -0.2) is 72.6 Å². The van der Waals surface area contributed by atoms with Gasteiger partial charge in [0.2, 0.25) is 5.91 Å². The molecule has 3 amide bonds. The van der Waals surface area contributed by atoms with E-state index in [9.17, 15) is 9.59 Å². The minimum absolute atomic E-state index is 0.0568. The molecule has 1 N–H and O–H groups in total. The zero-order valence-corrected chi connectivity index (χ0v) is 13.5. The molecule has 0 aromatic carbocycles. The van der Waals surface area contributed by atoms with E-state index >= 15 is 0 Å². The highest BCUT2D eigenvalue weighted by Gasteiger charge is 2.36. The van der Waals surface area contributed by atoms with Crippen LogP contribution >= 0.6 is 0 Å². The Kier molecular flexibility index (Phi) is 5.45. The molecule has 1 unspecified atom stereocenters. The fourth-order valence-corrected chi connectivity index (χ4v) is 2.51. The molecule has 1 aliphatic carbocycles. The molecule has 1 atom stereocenters. The van der Waals surface area contributed by atoms with E-state index in [4.69, 9.17) is 0 Å². The van der Waals surface area contributed by atoms with Gasteiger partial charge in [-0.1, -0.05) is 6.92 Å². The molecule has 0 spiro atoms. The van der Waals surface area contributed by atoms with Gasteiger partial charge in [0.1, 0.15) is 0 Å². The predicted molar refractivity (Wildman–Crippen MR) is 81.8 cm³/mol. The molecule has 6 nitrogen and oxygen atoms in total. The smallest absolute Gasteiger partial charge is 0.318 e. The van der Waals surface area contributed by atoms with Crippen LogP contribution < -0.4 is 5.32 Å². The summed E-state index contributed by atoms with van der Waals surface area (Å²) >= 11 is 0. The number of nitrogens with one attached hydrogen (secondary N) is 1. The van der Waals surface area contributed by atoms with Crippen molar-refractivity contribution < 1.29 is 9.59 Å².